The molecular weight excluding hydrogens is 598 g/mol. The lowest BCUT2D eigenvalue weighted by atomic mass is 9.78. The van der Waals surface area contributed by atoms with Crippen LogP contribution in [-0.4, -0.2) is 77.7 Å². The molecule has 3 N–H and O–H groups in total. The zero-order chi connectivity index (χ0) is 31.1. The zero-order valence-corrected chi connectivity index (χ0v) is 27.2. The van der Waals surface area contributed by atoms with Gasteiger partial charge < -0.3 is 29.9 Å². The number of aryl methyl sites for hydroxylation is 1. The van der Waals surface area contributed by atoms with Crippen LogP contribution in [0, 0.1) is 5.92 Å². The molecule has 8 nitrogen and oxygen atoms in total. The molecule has 0 unspecified atom stereocenters. The average molecular weight is 642 g/mol. The first kappa shape index (κ1) is 33.0. The predicted molar refractivity (Wildman–Crippen MR) is 174 cm³/mol. The summed E-state index contributed by atoms with van der Waals surface area (Å²) in [5.41, 5.74) is 2.22. The molecule has 44 heavy (non-hydrogen) atoms. The van der Waals surface area contributed by atoms with Gasteiger partial charge in [0.05, 0.1) is 19.3 Å². The molecule has 2 heterocycles. The number of ether oxygens (including phenoxy) is 2. The van der Waals surface area contributed by atoms with Gasteiger partial charge in [-0.25, -0.2) is 4.98 Å². The van der Waals surface area contributed by atoms with Gasteiger partial charge >= 0.3 is 0 Å². The maximum absolute atomic E-state index is 13.8. The first-order chi connectivity index (χ1) is 21.3. The van der Waals surface area contributed by atoms with Crippen molar-refractivity contribution in [1.29, 1.82) is 0 Å². The third-order valence-corrected chi connectivity index (χ3v) is 10.1. The quantitative estimate of drug-likeness (QED) is 0.221. The number of carbonyl (C=O) groups excluding carboxylic acids is 1. The van der Waals surface area contributed by atoms with Crippen molar-refractivity contribution in [3.63, 3.8) is 0 Å². The minimum Gasteiger partial charge on any atom is -0.391 e. The Morgan fingerprint density at radius 2 is 2.09 bits per heavy atom. The van der Waals surface area contributed by atoms with E-state index in [2.05, 4.69) is 29.4 Å². The van der Waals surface area contributed by atoms with E-state index >= 15 is 0 Å². The van der Waals surface area contributed by atoms with Crippen molar-refractivity contribution in [2.24, 2.45) is 5.92 Å². The summed E-state index contributed by atoms with van der Waals surface area (Å²) in [6.45, 7) is 4.29. The number of aliphatic hydroxyl groups is 2. The largest absolute Gasteiger partial charge is 0.391 e. The number of hydrogen-bond donors (Lipinski definition) is 3. The van der Waals surface area contributed by atoms with Gasteiger partial charge in [-0.1, -0.05) is 54.9 Å². The summed E-state index contributed by atoms with van der Waals surface area (Å²) in [7, 11) is 1.68. The summed E-state index contributed by atoms with van der Waals surface area (Å²) >= 11 is 8.43. The molecule has 0 bridgehead atoms. The molecule has 3 aromatic rings. The highest BCUT2D eigenvalue weighted by molar-refractivity contribution is 7.09. The predicted octanol–water partition coefficient (Wildman–Crippen LogP) is 5.19. The fourth-order valence-corrected chi connectivity index (χ4v) is 7.48. The molecule has 2 fully saturated rings. The minimum absolute atomic E-state index is 0.000374. The Labute approximate surface area is 269 Å². The topological polar surface area (TPSA) is 104 Å². The van der Waals surface area contributed by atoms with Crippen LogP contribution in [0.15, 0.2) is 54.0 Å². The number of amides is 1. The summed E-state index contributed by atoms with van der Waals surface area (Å²) in [5.74, 6) is -0.301. The Hall–Kier alpha value is -2.37. The second-order valence-electron chi connectivity index (χ2n) is 11.9. The van der Waals surface area contributed by atoms with Crippen molar-refractivity contribution in [2.45, 2.75) is 75.8 Å². The van der Waals surface area contributed by atoms with Crippen LogP contribution in [0.5, 0.6) is 0 Å². The van der Waals surface area contributed by atoms with Crippen molar-refractivity contribution in [3.05, 3.63) is 75.2 Å². The van der Waals surface area contributed by atoms with Gasteiger partial charge in [-0.15, -0.1) is 11.3 Å². The van der Waals surface area contributed by atoms with E-state index in [9.17, 15) is 15.0 Å². The number of morpholine rings is 1. The Morgan fingerprint density at radius 1 is 1.25 bits per heavy atom. The Kier molecular flexibility index (Phi) is 11.5. The molecule has 1 aliphatic heterocycles. The standard InChI is InChI=1S/C34H44ClN3O5S/c1-3-23-8-6-9-24(18-23)32-26(10-7-11-27(32)35)34(41,12-4-5-15-42-2)30-22-38(14-16-43-30)33(40)25-19-28(29(39)20-25)37-21-31-36-13-17-44-31/h6-11,13,17-18,25,28-30,37,39,41H,3-5,12,14-16,19-22H2,1-2H3/t25-,28+,29-,30+,34+/m0/s1. The number of rotatable bonds is 13. The first-order valence-electron chi connectivity index (χ1n) is 15.6. The van der Waals surface area contributed by atoms with Crippen LogP contribution < -0.4 is 5.32 Å². The van der Waals surface area contributed by atoms with E-state index in [1.54, 1.807) is 24.6 Å². The molecule has 1 saturated carbocycles. The highest BCUT2D eigenvalue weighted by atomic mass is 35.5. The molecule has 0 radical (unpaired) electrons. The Bertz CT molecular complexity index is 1370. The van der Waals surface area contributed by atoms with Crippen LogP contribution in [0.4, 0.5) is 0 Å². The van der Waals surface area contributed by atoms with Gasteiger partial charge in [0.15, 0.2) is 0 Å². The molecule has 5 atom stereocenters. The van der Waals surface area contributed by atoms with Crippen molar-refractivity contribution in [2.75, 3.05) is 33.4 Å². The first-order valence-corrected chi connectivity index (χ1v) is 16.9. The zero-order valence-electron chi connectivity index (χ0n) is 25.6. The molecule has 5 rings (SSSR count). The molecule has 1 aliphatic carbocycles. The van der Waals surface area contributed by atoms with Crippen LogP contribution in [0.3, 0.4) is 0 Å². The van der Waals surface area contributed by atoms with Gasteiger partial charge in [-0.2, -0.15) is 0 Å². The van der Waals surface area contributed by atoms with Gasteiger partial charge in [0.25, 0.3) is 0 Å². The maximum Gasteiger partial charge on any atom is 0.226 e. The summed E-state index contributed by atoms with van der Waals surface area (Å²) in [6, 6.07) is 13.7. The molecule has 1 saturated heterocycles. The number of aliphatic hydroxyl groups excluding tert-OH is 1. The van der Waals surface area contributed by atoms with E-state index in [1.807, 2.05) is 40.6 Å². The van der Waals surface area contributed by atoms with Crippen LogP contribution in [0.25, 0.3) is 11.1 Å². The number of thiazole rings is 1. The lowest BCUT2D eigenvalue weighted by Gasteiger charge is -2.44. The number of methoxy groups -OCH3 is 1. The normalized spacial score (nSPS) is 23.5. The van der Waals surface area contributed by atoms with Gasteiger partial charge in [-0.3, -0.25) is 4.79 Å². The smallest absolute Gasteiger partial charge is 0.226 e. The summed E-state index contributed by atoms with van der Waals surface area (Å²) in [6.07, 6.45) is 4.27. The monoisotopic (exact) mass is 641 g/mol. The van der Waals surface area contributed by atoms with E-state index < -0.39 is 17.8 Å². The van der Waals surface area contributed by atoms with E-state index in [1.165, 1.54) is 5.56 Å². The molecular formula is C34H44ClN3O5S. The van der Waals surface area contributed by atoms with Crippen LogP contribution in [0.1, 0.15) is 55.2 Å². The van der Waals surface area contributed by atoms with Crippen molar-refractivity contribution >= 4 is 28.8 Å². The number of benzene rings is 2. The average Bonchev–Trinajstić information content (AvgIpc) is 3.71. The number of nitrogens with zero attached hydrogens (tertiary/aromatic N) is 2. The van der Waals surface area contributed by atoms with Gasteiger partial charge in [-0.05, 0) is 61.3 Å². The number of nitrogens with one attached hydrogen (secondary N) is 1. The van der Waals surface area contributed by atoms with E-state index in [-0.39, 0.29) is 24.4 Å². The van der Waals surface area contributed by atoms with E-state index in [4.69, 9.17) is 21.1 Å². The molecule has 0 spiro atoms. The van der Waals surface area contributed by atoms with Crippen molar-refractivity contribution in [1.82, 2.24) is 15.2 Å². The van der Waals surface area contributed by atoms with Gasteiger partial charge in [0.2, 0.25) is 5.91 Å². The van der Waals surface area contributed by atoms with E-state index in [0.717, 1.165) is 29.0 Å². The van der Waals surface area contributed by atoms with E-state index in [0.29, 0.717) is 62.6 Å². The Morgan fingerprint density at radius 3 is 2.86 bits per heavy atom. The molecule has 1 amide bonds. The lowest BCUT2D eigenvalue weighted by Crippen LogP contribution is -2.55. The van der Waals surface area contributed by atoms with Gasteiger partial charge in [0.1, 0.15) is 16.7 Å². The fourth-order valence-electron chi connectivity index (χ4n) is 6.63. The number of carbonyl (C=O) groups is 1. The number of halogens is 1. The lowest BCUT2D eigenvalue weighted by molar-refractivity contribution is -0.167. The van der Waals surface area contributed by atoms with Crippen LogP contribution >= 0.6 is 22.9 Å². The van der Waals surface area contributed by atoms with Crippen molar-refractivity contribution in [3.8, 4) is 11.1 Å². The molecule has 2 aromatic carbocycles. The number of aromatic nitrogens is 1. The Balaban J connectivity index is 1.38. The molecule has 1 aromatic heterocycles. The second kappa shape index (κ2) is 15.3. The summed E-state index contributed by atoms with van der Waals surface area (Å²) < 4.78 is 11.6. The summed E-state index contributed by atoms with van der Waals surface area (Å²) in [5, 5.41) is 30.3. The minimum atomic E-state index is -1.40. The maximum atomic E-state index is 13.8. The molecule has 10 heteroatoms. The number of unbranched alkanes of at least 4 members (excludes halogenated alkanes) is 1. The van der Waals surface area contributed by atoms with Crippen LogP contribution in [0.2, 0.25) is 5.02 Å². The molecule has 2 aliphatic rings. The fraction of sp³-hybridized carbons (Fsp3) is 0.529. The van der Waals surface area contributed by atoms with Gasteiger partial charge in [0, 0.05) is 60.9 Å². The highest BCUT2D eigenvalue weighted by Gasteiger charge is 2.46. The highest BCUT2D eigenvalue weighted by Crippen LogP contribution is 2.43. The summed E-state index contributed by atoms with van der Waals surface area (Å²) in [4.78, 5) is 20.0. The van der Waals surface area contributed by atoms with Crippen molar-refractivity contribution < 1.29 is 24.5 Å². The molecule has 238 valence electrons. The van der Waals surface area contributed by atoms with Crippen LogP contribution in [-0.2, 0) is 32.8 Å². The second-order valence-corrected chi connectivity index (χ2v) is 13.3. The SMILES string of the molecule is CCc1cccc(-c2c(Cl)cccc2[C@](O)(CCCCOC)[C@H]2CN(C(=O)[C@@H]3C[C@H](O)[C@H](NCc4nccs4)C3)CCO2)c1. The third kappa shape index (κ3) is 7.53. The number of hydrogen-bond acceptors (Lipinski definition) is 8. The third-order valence-electron chi connectivity index (χ3n) is 9.05.